The Hall–Kier alpha value is -0.810. The van der Waals surface area contributed by atoms with Gasteiger partial charge in [0, 0.05) is 44.9 Å². The number of phenolic OH excluding ortho intramolecular Hbond substituents is 1. The van der Waals surface area contributed by atoms with Gasteiger partial charge in [0.25, 0.3) is 0 Å². The number of aromatic hydroxyl groups is 1. The van der Waals surface area contributed by atoms with Crippen LogP contribution in [0.2, 0.25) is 5.02 Å². The number of piperazine rings is 1. The van der Waals surface area contributed by atoms with E-state index < -0.39 is 0 Å². The van der Waals surface area contributed by atoms with E-state index in [2.05, 4.69) is 23.6 Å². The summed E-state index contributed by atoms with van der Waals surface area (Å²) in [5.41, 5.74) is 1.11. The van der Waals surface area contributed by atoms with Crippen molar-refractivity contribution in [2.24, 2.45) is 0 Å². The topological polar surface area (TPSA) is 46.9 Å². The van der Waals surface area contributed by atoms with Crippen molar-refractivity contribution in [3.8, 4) is 5.75 Å². The molecule has 1 saturated heterocycles. The summed E-state index contributed by atoms with van der Waals surface area (Å²) in [5, 5.41) is 19.2. The van der Waals surface area contributed by atoms with Gasteiger partial charge in [-0.15, -0.1) is 0 Å². The first-order valence-electron chi connectivity index (χ1n) is 7.57. The van der Waals surface area contributed by atoms with Gasteiger partial charge in [-0.1, -0.05) is 17.7 Å². The van der Waals surface area contributed by atoms with Crippen LogP contribution >= 0.6 is 11.6 Å². The summed E-state index contributed by atoms with van der Waals surface area (Å²) in [6.45, 7) is 8.46. The van der Waals surface area contributed by atoms with E-state index in [1.807, 2.05) is 12.1 Å². The summed E-state index contributed by atoms with van der Waals surface area (Å²) in [5.74, 6) is 0.128. The highest BCUT2D eigenvalue weighted by atomic mass is 35.5. The first-order chi connectivity index (χ1) is 10.0. The average molecular weight is 313 g/mol. The Kier molecular flexibility index (Phi) is 5.88. The molecule has 1 aromatic rings. The number of phenols is 1. The van der Waals surface area contributed by atoms with Gasteiger partial charge in [0.1, 0.15) is 5.75 Å². The molecular formula is C16H25ClN2O2. The lowest BCUT2D eigenvalue weighted by atomic mass is 10.1. The molecule has 5 heteroatoms. The van der Waals surface area contributed by atoms with Crippen LogP contribution in [0.3, 0.4) is 0 Å². The molecule has 0 amide bonds. The fraction of sp³-hybridized carbons (Fsp3) is 0.625. The van der Waals surface area contributed by atoms with Gasteiger partial charge in [-0.2, -0.15) is 0 Å². The van der Waals surface area contributed by atoms with E-state index >= 15 is 0 Å². The number of hydrogen-bond acceptors (Lipinski definition) is 4. The van der Waals surface area contributed by atoms with Crippen molar-refractivity contribution in [1.82, 2.24) is 9.80 Å². The van der Waals surface area contributed by atoms with Gasteiger partial charge in [-0.05, 0) is 38.0 Å². The molecule has 0 bridgehead atoms. The smallest absolute Gasteiger partial charge is 0.134 e. The summed E-state index contributed by atoms with van der Waals surface area (Å²) >= 11 is 5.96. The van der Waals surface area contributed by atoms with Crippen molar-refractivity contribution < 1.29 is 10.2 Å². The van der Waals surface area contributed by atoms with E-state index in [1.54, 1.807) is 6.07 Å². The maximum absolute atomic E-state index is 9.48. The van der Waals surface area contributed by atoms with Crippen LogP contribution in [0.1, 0.15) is 25.8 Å². The first-order valence-corrected chi connectivity index (χ1v) is 7.95. The zero-order valence-electron chi connectivity index (χ0n) is 12.8. The summed E-state index contributed by atoms with van der Waals surface area (Å²) in [4.78, 5) is 4.86. The fourth-order valence-electron chi connectivity index (χ4n) is 3.07. The quantitative estimate of drug-likeness (QED) is 0.876. The summed E-state index contributed by atoms with van der Waals surface area (Å²) < 4.78 is 0. The van der Waals surface area contributed by atoms with Crippen LogP contribution in [0.25, 0.3) is 0 Å². The lowest BCUT2D eigenvalue weighted by molar-refractivity contribution is 0.0349. The van der Waals surface area contributed by atoms with Crippen LogP contribution in [-0.2, 0) is 6.54 Å². The van der Waals surface area contributed by atoms with Crippen LogP contribution in [0.15, 0.2) is 18.2 Å². The number of aliphatic hydroxyl groups excluding tert-OH is 1. The van der Waals surface area contributed by atoms with Crippen molar-refractivity contribution >= 4 is 11.6 Å². The zero-order valence-corrected chi connectivity index (χ0v) is 13.6. The standard InChI is InChI=1S/C16H25ClN2O2/c1-12(2)19-7-6-18(11-14(19)5-8-20)10-13-3-4-16(21)15(17)9-13/h3-4,9,12,14,20-21H,5-8,10-11H2,1-2H3/t14-/m1/s1. The molecule has 0 saturated carbocycles. The number of nitrogens with zero attached hydrogens (tertiary/aromatic N) is 2. The van der Waals surface area contributed by atoms with E-state index in [0.29, 0.717) is 17.1 Å². The Morgan fingerprint density at radius 1 is 1.33 bits per heavy atom. The van der Waals surface area contributed by atoms with Gasteiger partial charge < -0.3 is 10.2 Å². The molecule has 0 aliphatic carbocycles. The molecule has 118 valence electrons. The van der Waals surface area contributed by atoms with Crippen molar-refractivity contribution in [3.63, 3.8) is 0 Å². The minimum absolute atomic E-state index is 0.128. The largest absolute Gasteiger partial charge is 0.506 e. The minimum Gasteiger partial charge on any atom is -0.506 e. The zero-order chi connectivity index (χ0) is 15.4. The second kappa shape index (κ2) is 7.45. The van der Waals surface area contributed by atoms with Gasteiger partial charge in [0.15, 0.2) is 0 Å². The van der Waals surface area contributed by atoms with Gasteiger partial charge in [0.2, 0.25) is 0 Å². The third-order valence-corrected chi connectivity index (χ3v) is 4.46. The van der Waals surface area contributed by atoms with E-state index in [-0.39, 0.29) is 12.4 Å². The lowest BCUT2D eigenvalue weighted by Crippen LogP contribution is -2.55. The molecule has 1 heterocycles. The molecule has 1 atom stereocenters. The van der Waals surface area contributed by atoms with Crippen LogP contribution in [0.5, 0.6) is 5.75 Å². The Morgan fingerprint density at radius 3 is 2.71 bits per heavy atom. The van der Waals surface area contributed by atoms with Crippen LogP contribution in [0, 0.1) is 0 Å². The Balaban J connectivity index is 2.00. The van der Waals surface area contributed by atoms with Crippen molar-refractivity contribution in [1.29, 1.82) is 0 Å². The van der Waals surface area contributed by atoms with Gasteiger partial charge in [-0.3, -0.25) is 9.80 Å². The molecule has 1 aromatic carbocycles. The Labute approximate surface area is 131 Å². The highest BCUT2D eigenvalue weighted by Crippen LogP contribution is 2.25. The predicted molar refractivity (Wildman–Crippen MR) is 85.7 cm³/mol. The SMILES string of the molecule is CC(C)N1CCN(Cc2ccc(O)c(Cl)c2)C[C@H]1CCO. The molecule has 1 aliphatic heterocycles. The molecule has 0 radical (unpaired) electrons. The Morgan fingerprint density at radius 2 is 2.10 bits per heavy atom. The van der Waals surface area contributed by atoms with Crippen LogP contribution in [-0.4, -0.2) is 58.3 Å². The van der Waals surface area contributed by atoms with Crippen molar-refractivity contribution in [2.75, 3.05) is 26.2 Å². The monoisotopic (exact) mass is 312 g/mol. The fourth-order valence-corrected chi connectivity index (χ4v) is 3.27. The van der Waals surface area contributed by atoms with Crippen molar-refractivity contribution in [3.05, 3.63) is 28.8 Å². The van der Waals surface area contributed by atoms with Crippen molar-refractivity contribution in [2.45, 2.75) is 38.9 Å². The van der Waals surface area contributed by atoms with E-state index in [4.69, 9.17) is 11.6 Å². The number of hydrogen-bond donors (Lipinski definition) is 2. The van der Waals surface area contributed by atoms with E-state index in [1.165, 1.54) is 0 Å². The maximum Gasteiger partial charge on any atom is 0.134 e. The average Bonchev–Trinajstić information content (AvgIpc) is 2.43. The van der Waals surface area contributed by atoms with Gasteiger partial charge in [-0.25, -0.2) is 0 Å². The third-order valence-electron chi connectivity index (χ3n) is 4.16. The minimum atomic E-state index is 0.128. The highest BCUT2D eigenvalue weighted by Gasteiger charge is 2.28. The molecule has 0 aromatic heterocycles. The highest BCUT2D eigenvalue weighted by molar-refractivity contribution is 6.32. The molecule has 1 aliphatic rings. The van der Waals surface area contributed by atoms with E-state index in [9.17, 15) is 10.2 Å². The second-order valence-electron chi connectivity index (χ2n) is 6.02. The van der Waals surface area contributed by atoms with Crippen LogP contribution < -0.4 is 0 Å². The molecule has 21 heavy (non-hydrogen) atoms. The molecule has 2 N–H and O–H groups in total. The second-order valence-corrected chi connectivity index (χ2v) is 6.43. The summed E-state index contributed by atoms with van der Waals surface area (Å²) in [6.07, 6.45) is 0.811. The molecule has 0 spiro atoms. The Bertz CT molecular complexity index is 468. The summed E-state index contributed by atoms with van der Waals surface area (Å²) in [6, 6.07) is 6.29. The van der Waals surface area contributed by atoms with Gasteiger partial charge in [0.05, 0.1) is 5.02 Å². The normalized spacial score (nSPS) is 21.1. The predicted octanol–water partition coefficient (Wildman–Crippen LogP) is 2.32. The lowest BCUT2D eigenvalue weighted by Gasteiger charge is -2.43. The first kappa shape index (κ1) is 16.6. The number of aliphatic hydroxyl groups is 1. The molecule has 4 nitrogen and oxygen atoms in total. The summed E-state index contributed by atoms with van der Waals surface area (Å²) in [7, 11) is 0. The maximum atomic E-state index is 9.48. The molecular weight excluding hydrogens is 288 g/mol. The third kappa shape index (κ3) is 4.33. The molecule has 2 rings (SSSR count). The van der Waals surface area contributed by atoms with E-state index in [0.717, 1.165) is 38.2 Å². The molecule has 1 fully saturated rings. The number of halogens is 1. The van der Waals surface area contributed by atoms with Crippen LogP contribution in [0.4, 0.5) is 0 Å². The van der Waals surface area contributed by atoms with Gasteiger partial charge >= 0.3 is 0 Å². The molecule has 0 unspecified atom stereocenters. The number of benzene rings is 1. The number of rotatable bonds is 5.